The number of piperidine rings is 1. The zero-order valence-electron chi connectivity index (χ0n) is 11.5. The second-order valence-electron chi connectivity index (χ2n) is 5.87. The van der Waals surface area contributed by atoms with Crippen LogP contribution in [0, 0.1) is 5.82 Å². The summed E-state index contributed by atoms with van der Waals surface area (Å²) in [5, 5.41) is 0. The summed E-state index contributed by atoms with van der Waals surface area (Å²) < 4.78 is 13.7. The lowest BCUT2D eigenvalue weighted by molar-refractivity contribution is 0.110. The molecule has 2 aliphatic heterocycles. The SMILES string of the molecule is Fc1ccccc1CN1CCCC(N2CCCC2)C1. The molecule has 0 spiro atoms. The molecule has 2 nitrogen and oxygen atoms in total. The third-order valence-electron chi connectivity index (χ3n) is 4.49. The Bertz CT molecular complexity index is 415. The zero-order valence-corrected chi connectivity index (χ0v) is 11.5. The Hall–Kier alpha value is -0.930. The first-order chi connectivity index (χ1) is 9.33. The lowest BCUT2D eigenvalue weighted by atomic mass is 10.0. The summed E-state index contributed by atoms with van der Waals surface area (Å²) in [6, 6.07) is 7.87. The van der Waals surface area contributed by atoms with Gasteiger partial charge in [-0.2, -0.15) is 0 Å². The van der Waals surface area contributed by atoms with Crippen LogP contribution in [-0.2, 0) is 6.54 Å². The van der Waals surface area contributed by atoms with Crippen LogP contribution in [0.4, 0.5) is 4.39 Å². The molecule has 0 aliphatic carbocycles. The normalized spacial score (nSPS) is 25.8. The average molecular weight is 262 g/mol. The van der Waals surface area contributed by atoms with Crippen molar-refractivity contribution in [3.63, 3.8) is 0 Å². The Labute approximate surface area is 115 Å². The molecule has 2 fully saturated rings. The van der Waals surface area contributed by atoms with Gasteiger partial charge < -0.3 is 0 Å². The predicted molar refractivity (Wildman–Crippen MR) is 75.5 cm³/mol. The van der Waals surface area contributed by atoms with Gasteiger partial charge in [0.15, 0.2) is 0 Å². The van der Waals surface area contributed by atoms with E-state index in [4.69, 9.17) is 0 Å². The van der Waals surface area contributed by atoms with Crippen LogP contribution in [-0.4, -0.2) is 42.0 Å². The molecule has 3 rings (SSSR count). The van der Waals surface area contributed by atoms with Crippen molar-refractivity contribution in [2.75, 3.05) is 26.2 Å². The second kappa shape index (κ2) is 6.02. The minimum Gasteiger partial charge on any atom is -0.299 e. The van der Waals surface area contributed by atoms with E-state index in [1.54, 1.807) is 12.1 Å². The maximum atomic E-state index is 13.7. The molecule has 1 atom stereocenters. The minimum atomic E-state index is -0.0641. The van der Waals surface area contributed by atoms with Crippen molar-refractivity contribution < 1.29 is 4.39 Å². The van der Waals surface area contributed by atoms with Crippen LogP contribution in [0.15, 0.2) is 24.3 Å². The Kier molecular flexibility index (Phi) is 4.14. The first-order valence-electron chi connectivity index (χ1n) is 7.53. The summed E-state index contributed by atoms with van der Waals surface area (Å²) in [7, 11) is 0. The lowest BCUT2D eigenvalue weighted by Crippen LogP contribution is -2.46. The van der Waals surface area contributed by atoms with Crippen LogP contribution in [0.5, 0.6) is 0 Å². The molecule has 0 aromatic heterocycles. The minimum absolute atomic E-state index is 0.0641. The standard InChI is InChI=1S/C16H23FN2/c17-16-8-2-1-6-14(16)12-18-9-5-7-15(13-18)19-10-3-4-11-19/h1-2,6,8,15H,3-5,7,9-13H2. The van der Waals surface area contributed by atoms with Gasteiger partial charge >= 0.3 is 0 Å². The predicted octanol–water partition coefficient (Wildman–Crippen LogP) is 2.89. The highest BCUT2D eigenvalue weighted by Crippen LogP contribution is 2.22. The Morgan fingerprint density at radius 2 is 1.84 bits per heavy atom. The summed E-state index contributed by atoms with van der Waals surface area (Å²) in [5.41, 5.74) is 0.838. The summed E-state index contributed by atoms with van der Waals surface area (Å²) in [4.78, 5) is 5.05. The van der Waals surface area contributed by atoms with E-state index in [1.165, 1.54) is 38.8 Å². The van der Waals surface area contributed by atoms with Gasteiger partial charge in [0, 0.05) is 24.7 Å². The lowest BCUT2D eigenvalue weighted by Gasteiger charge is -2.37. The Balaban J connectivity index is 1.60. The van der Waals surface area contributed by atoms with Crippen molar-refractivity contribution in [1.29, 1.82) is 0 Å². The molecule has 0 saturated carbocycles. The molecule has 1 aromatic rings. The van der Waals surface area contributed by atoms with Gasteiger partial charge in [-0.1, -0.05) is 18.2 Å². The highest BCUT2D eigenvalue weighted by Gasteiger charge is 2.27. The van der Waals surface area contributed by atoms with Crippen LogP contribution in [0.1, 0.15) is 31.2 Å². The molecule has 3 heteroatoms. The largest absolute Gasteiger partial charge is 0.299 e. The topological polar surface area (TPSA) is 6.48 Å². The molecule has 2 saturated heterocycles. The van der Waals surface area contributed by atoms with E-state index >= 15 is 0 Å². The molecule has 1 aromatic carbocycles. The fourth-order valence-corrected chi connectivity index (χ4v) is 3.45. The number of halogens is 1. The van der Waals surface area contributed by atoms with Crippen molar-refractivity contribution in [3.8, 4) is 0 Å². The number of rotatable bonds is 3. The molecule has 0 radical (unpaired) electrons. The molecule has 0 amide bonds. The molecule has 104 valence electrons. The van der Waals surface area contributed by atoms with E-state index in [2.05, 4.69) is 9.80 Å². The van der Waals surface area contributed by atoms with E-state index in [0.717, 1.165) is 25.2 Å². The van der Waals surface area contributed by atoms with Crippen molar-refractivity contribution in [1.82, 2.24) is 9.80 Å². The van der Waals surface area contributed by atoms with Crippen molar-refractivity contribution in [3.05, 3.63) is 35.6 Å². The van der Waals surface area contributed by atoms with Crippen molar-refractivity contribution >= 4 is 0 Å². The molecular weight excluding hydrogens is 239 g/mol. The van der Waals surface area contributed by atoms with Gasteiger partial charge in [-0.05, 0) is 51.4 Å². The third-order valence-corrected chi connectivity index (χ3v) is 4.49. The van der Waals surface area contributed by atoms with E-state index in [1.807, 2.05) is 12.1 Å². The highest BCUT2D eigenvalue weighted by molar-refractivity contribution is 5.17. The van der Waals surface area contributed by atoms with Crippen LogP contribution < -0.4 is 0 Å². The Morgan fingerprint density at radius 3 is 2.63 bits per heavy atom. The summed E-state index contributed by atoms with van der Waals surface area (Å²) in [6.45, 7) is 5.50. The van der Waals surface area contributed by atoms with Gasteiger partial charge in [0.05, 0.1) is 0 Å². The van der Waals surface area contributed by atoms with Gasteiger partial charge in [-0.3, -0.25) is 9.80 Å². The van der Waals surface area contributed by atoms with Gasteiger partial charge in [-0.25, -0.2) is 4.39 Å². The molecule has 2 aliphatic rings. The average Bonchev–Trinajstić information content (AvgIpc) is 2.96. The van der Waals surface area contributed by atoms with E-state index in [0.29, 0.717) is 6.04 Å². The quantitative estimate of drug-likeness (QED) is 0.826. The smallest absolute Gasteiger partial charge is 0.127 e. The molecule has 0 bridgehead atoms. The van der Waals surface area contributed by atoms with Gasteiger partial charge in [0.1, 0.15) is 5.82 Å². The van der Waals surface area contributed by atoms with Crippen LogP contribution in [0.25, 0.3) is 0 Å². The third kappa shape index (κ3) is 3.15. The van der Waals surface area contributed by atoms with Gasteiger partial charge in [-0.15, -0.1) is 0 Å². The maximum Gasteiger partial charge on any atom is 0.127 e. The molecule has 1 unspecified atom stereocenters. The van der Waals surface area contributed by atoms with E-state index in [-0.39, 0.29) is 5.82 Å². The van der Waals surface area contributed by atoms with Crippen LogP contribution in [0.2, 0.25) is 0 Å². The van der Waals surface area contributed by atoms with Crippen LogP contribution >= 0.6 is 0 Å². The van der Waals surface area contributed by atoms with E-state index in [9.17, 15) is 4.39 Å². The van der Waals surface area contributed by atoms with Crippen molar-refractivity contribution in [2.45, 2.75) is 38.3 Å². The van der Waals surface area contributed by atoms with Crippen LogP contribution in [0.3, 0.4) is 0 Å². The number of hydrogen-bond donors (Lipinski definition) is 0. The summed E-state index contributed by atoms with van der Waals surface area (Å²) in [6.07, 6.45) is 5.26. The second-order valence-corrected chi connectivity index (χ2v) is 5.87. The summed E-state index contributed by atoms with van der Waals surface area (Å²) >= 11 is 0. The first-order valence-corrected chi connectivity index (χ1v) is 7.53. The fourth-order valence-electron chi connectivity index (χ4n) is 3.45. The summed E-state index contributed by atoms with van der Waals surface area (Å²) in [5.74, 6) is -0.0641. The highest BCUT2D eigenvalue weighted by atomic mass is 19.1. The molecule has 19 heavy (non-hydrogen) atoms. The first kappa shape index (κ1) is 13.1. The maximum absolute atomic E-state index is 13.7. The zero-order chi connectivity index (χ0) is 13.1. The molecular formula is C16H23FN2. The fraction of sp³-hybridized carbons (Fsp3) is 0.625. The Morgan fingerprint density at radius 1 is 1.05 bits per heavy atom. The van der Waals surface area contributed by atoms with Crippen molar-refractivity contribution in [2.24, 2.45) is 0 Å². The van der Waals surface area contributed by atoms with E-state index < -0.39 is 0 Å². The monoisotopic (exact) mass is 262 g/mol. The number of hydrogen-bond acceptors (Lipinski definition) is 2. The number of benzene rings is 1. The molecule has 2 heterocycles. The number of nitrogens with zero attached hydrogens (tertiary/aromatic N) is 2. The molecule has 0 N–H and O–H groups in total. The van der Waals surface area contributed by atoms with Gasteiger partial charge in [0.2, 0.25) is 0 Å². The van der Waals surface area contributed by atoms with Gasteiger partial charge in [0.25, 0.3) is 0 Å². The number of likely N-dealkylation sites (tertiary alicyclic amines) is 2.